The molecule has 80 valence electrons. The van der Waals surface area contributed by atoms with E-state index in [0.717, 1.165) is 17.9 Å². The summed E-state index contributed by atoms with van der Waals surface area (Å²) in [5.74, 6) is 0. The van der Waals surface area contributed by atoms with E-state index in [-0.39, 0.29) is 0 Å². The third-order valence-electron chi connectivity index (χ3n) is 2.98. The highest BCUT2D eigenvalue weighted by molar-refractivity contribution is 6.33. The normalized spacial score (nSPS) is 16.1. The number of hydrogen-bond acceptors (Lipinski definition) is 0. The Balaban J connectivity index is 2.23. The van der Waals surface area contributed by atoms with Crippen molar-refractivity contribution >= 4 is 28.2 Å². The van der Waals surface area contributed by atoms with Gasteiger partial charge in [0.1, 0.15) is 0 Å². The Kier molecular flexibility index (Phi) is 2.33. The van der Waals surface area contributed by atoms with Gasteiger partial charge in [0, 0.05) is 11.9 Å². The lowest BCUT2D eigenvalue weighted by molar-refractivity contribution is 0.959. The number of halogens is 1. The van der Waals surface area contributed by atoms with Crippen LogP contribution < -0.4 is 0 Å². The van der Waals surface area contributed by atoms with Crippen molar-refractivity contribution in [3.05, 3.63) is 53.7 Å². The monoisotopic (exact) mass is 229 g/mol. The second kappa shape index (κ2) is 3.84. The van der Waals surface area contributed by atoms with Gasteiger partial charge in [-0.3, -0.25) is 0 Å². The fraction of sp³-hybridized carbons (Fsp3) is 0.143. The van der Waals surface area contributed by atoms with Crippen molar-refractivity contribution in [1.29, 1.82) is 0 Å². The summed E-state index contributed by atoms with van der Waals surface area (Å²) in [5, 5.41) is 2.11. The number of aromatic nitrogens is 1. The number of rotatable bonds is 1. The first-order valence-corrected chi connectivity index (χ1v) is 5.86. The van der Waals surface area contributed by atoms with Gasteiger partial charge >= 0.3 is 0 Å². The van der Waals surface area contributed by atoms with E-state index < -0.39 is 0 Å². The molecule has 0 radical (unpaired) electrons. The molecule has 1 aromatic carbocycles. The van der Waals surface area contributed by atoms with Crippen LogP contribution in [-0.4, -0.2) is 4.57 Å². The zero-order valence-electron chi connectivity index (χ0n) is 8.86. The minimum Gasteiger partial charge on any atom is -0.319 e. The number of benzene rings is 1. The largest absolute Gasteiger partial charge is 0.319 e. The van der Waals surface area contributed by atoms with Crippen LogP contribution in [0.3, 0.4) is 0 Å². The van der Waals surface area contributed by atoms with E-state index in [4.69, 9.17) is 11.6 Å². The maximum atomic E-state index is 6.25. The Bertz CT molecular complexity index is 590. The SMILES string of the molecule is ClC1=C(n2ccc3ccccc32)CCC=C1. The van der Waals surface area contributed by atoms with Crippen molar-refractivity contribution in [1.82, 2.24) is 4.57 Å². The highest BCUT2D eigenvalue weighted by Gasteiger charge is 2.10. The van der Waals surface area contributed by atoms with Gasteiger partial charge in [0.25, 0.3) is 0 Å². The molecule has 0 fully saturated rings. The number of para-hydroxylation sites is 1. The second-order valence-electron chi connectivity index (χ2n) is 3.98. The van der Waals surface area contributed by atoms with Crippen molar-refractivity contribution in [3.63, 3.8) is 0 Å². The van der Waals surface area contributed by atoms with E-state index in [1.807, 2.05) is 6.08 Å². The van der Waals surface area contributed by atoms with Crippen molar-refractivity contribution in [2.45, 2.75) is 12.8 Å². The van der Waals surface area contributed by atoms with Crippen LogP contribution in [0.1, 0.15) is 12.8 Å². The van der Waals surface area contributed by atoms with Gasteiger partial charge < -0.3 is 4.57 Å². The van der Waals surface area contributed by atoms with Crippen molar-refractivity contribution in [2.24, 2.45) is 0 Å². The quantitative estimate of drug-likeness (QED) is 0.683. The third kappa shape index (κ3) is 1.48. The molecule has 1 aliphatic rings. The smallest absolute Gasteiger partial charge is 0.0601 e. The average molecular weight is 230 g/mol. The first-order chi connectivity index (χ1) is 7.86. The van der Waals surface area contributed by atoms with Crippen LogP contribution >= 0.6 is 11.6 Å². The molecule has 0 atom stereocenters. The van der Waals surface area contributed by atoms with Gasteiger partial charge in [-0.2, -0.15) is 0 Å². The summed E-state index contributed by atoms with van der Waals surface area (Å²) in [6.45, 7) is 0. The van der Waals surface area contributed by atoms with Crippen LogP contribution in [0, 0.1) is 0 Å². The summed E-state index contributed by atoms with van der Waals surface area (Å²) in [6.07, 6.45) is 8.29. The van der Waals surface area contributed by atoms with Gasteiger partial charge in [0.2, 0.25) is 0 Å². The van der Waals surface area contributed by atoms with Gasteiger partial charge in [-0.15, -0.1) is 0 Å². The summed E-state index contributed by atoms with van der Waals surface area (Å²) in [4.78, 5) is 0. The molecule has 0 unspecified atom stereocenters. The Morgan fingerprint density at radius 1 is 1.12 bits per heavy atom. The highest BCUT2D eigenvalue weighted by Crippen LogP contribution is 2.29. The fourth-order valence-corrected chi connectivity index (χ4v) is 2.45. The molecule has 0 amide bonds. The molecular weight excluding hydrogens is 218 g/mol. The van der Waals surface area contributed by atoms with Gasteiger partial charge in [-0.1, -0.05) is 35.9 Å². The Morgan fingerprint density at radius 2 is 2.00 bits per heavy atom. The lowest BCUT2D eigenvalue weighted by Crippen LogP contribution is -1.99. The molecular formula is C14H12ClN. The predicted molar refractivity (Wildman–Crippen MR) is 69.4 cm³/mol. The molecule has 0 saturated carbocycles. The van der Waals surface area contributed by atoms with Gasteiger partial charge in [0.15, 0.2) is 0 Å². The van der Waals surface area contributed by atoms with Crippen LogP contribution in [0.15, 0.2) is 53.7 Å². The van der Waals surface area contributed by atoms with Gasteiger partial charge in [-0.25, -0.2) is 0 Å². The van der Waals surface area contributed by atoms with Crippen LogP contribution in [0.4, 0.5) is 0 Å². The molecule has 0 N–H and O–H groups in total. The first kappa shape index (κ1) is 9.73. The van der Waals surface area contributed by atoms with Gasteiger partial charge in [-0.05, 0) is 36.4 Å². The number of nitrogens with zero attached hydrogens (tertiary/aromatic N) is 1. The Labute approximate surface area is 99.6 Å². The maximum Gasteiger partial charge on any atom is 0.0601 e. The summed E-state index contributed by atoms with van der Waals surface area (Å²) in [7, 11) is 0. The molecule has 0 saturated heterocycles. The van der Waals surface area contributed by atoms with Crippen LogP contribution in [0.2, 0.25) is 0 Å². The molecule has 1 aliphatic carbocycles. The van der Waals surface area contributed by atoms with Crippen molar-refractivity contribution < 1.29 is 0 Å². The lowest BCUT2D eigenvalue weighted by Gasteiger charge is -2.14. The lowest BCUT2D eigenvalue weighted by atomic mass is 10.1. The molecule has 1 nitrogen and oxygen atoms in total. The Morgan fingerprint density at radius 3 is 2.88 bits per heavy atom. The van der Waals surface area contributed by atoms with E-state index in [1.54, 1.807) is 0 Å². The predicted octanol–water partition coefficient (Wildman–Crippen LogP) is 4.40. The summed E-state index contributed by atoms with van der Waals surface area (Å²) < 4.78 is 2.20. The molecule has 3 rings (SSSR count). The summed E-state index contributed by atoms with van der Waals surface area (Å²) in [6, 6.07) is 10.5. The summed E-state index contributed by atoms with van der Waals surface area (Å²) in [5.41, 5.74) is 2.43. The molecule has 2 heteroatoms. The Hall–Kier alpha value is -1.47. The minimum absolute atomic E-state index is 0.854. The van der Waals surface area contributed by atoms with E-state index >= 15 is 0 Å². The van der Waals surface area contributed by atoms with Crippen LogP contribution in [-0.2, 0) is 0 Å². The third-order valence-corrected chi connectivity index (χ3v) is 3.32. The van der Waals surface area contributed by atoms with E-state index in [1.165, 1.54) is 16.6 Å². The zero-order chi connectivity index (χ0) is 11.0. The molecule has 0 spiro atoms. The van der Waals surface area contributed by atoms with E-state index in [0.29, 0.717) is 0 Å². The number of hydrogen-bond donors (Lipinski definition) is 0. The average Bonchev–Trinajstić information content (AvgIpc) is 2.74. The van der Waals surface area contributed by atoms with Crippen LogP contribution in [0.5, 0.6) is 0 Å². The fourth-order valence-electron chi connectivity index (χ4n) is 2.18. The zero-order valence-corrected chi connectivity index (χ0v) is 9.61. The van der Waals surface area contributed by atoms with Crippen molar-refractivity contribution in [2.75, 3.05) is 0 Å². The van der Waals surface area contributed by atoms with E-state index in [2.05, 4.69) is 47.2 Å². The maximum absolute atomic E-state index is 6.25. The standard InChI is InChI=1S/C14H12ClN/c15-12-6-2-4-8-14(12)16-10-9-11-5-1-3-7-13(11)16/h1-3,5-7,9-10H,4,8H2. The first-order valence-electron chi connectivity index (χ1n) is 5.48. The molecule has 0 bridgehead atoms. The van der Waals surface area contributed by atoms with Crippen LogP contribution in [0.25, 0.3) is 16.6 Å². The molecule has 1 heterocycles. The van der Waals surface area contributed by atoms with Gasteiger partial charge in [0.05, 0.1) is 10.5 Å². The number of fused-ring (bicyclic) bond motifs is 1. The molecule has 16 heavy (non-hydrogen) atoms. The number of allylic oxidation sites excluding steroid dienone is 4. The second-order valence-corrected chi connectivity index (χ2v) is 4.39. The molecule has 1 aromatic heterocycles. The highest BCUT2D eigenvalue weighted by atomic mass is 35.5. The molecule has 0 aliphatic heterocycles. The van der Waals surface area contributed by atoms with E-state index in [9.17, 15) is 0 Å². The molecule has 2 aromatic rings. The summed E-state index contributed by atoms with van der Waals surface area (Å²) >= 11 is 6.25. The minimum atomic E-state index is 0.854. The van der Waals surface area contributed by atoms with Crippen molar-refractivity contribution in [3.8, 4) is 0 Å². The topological polar surface area (TPSA) is 4.93 Å².